The number of aryl methyl sites for hydroxylation is 1. The average molecular weight is 312 g/mol. The molecule has 0 atom stereocenters. The lowest BCUT2D eigenvalue weighted by Crippen LogP contribution is -2.30. The molecule has 2 aromatic carbocycles. The number of anilines is 2. The van der Waals surface area contributed by atoms with E-state index in [1.807, 2.05) is 68.1 Å². The highest BCUT2D eigenvalue weighted by atomic mass is 16.5. The molecule has 1 amide bonds. The number of benzene rings is 2. The summed E-state index contributed by atoms with van der Waals surface area (Å²) >= 11 is 0. The van der Waals surface area contributed by atoms with Crippen molar-refractivity contribution in [3.05, 3.63) is 53.6 Å². The van der Waals surface area contributed by atoms with Gasteiger partial charge in [0.05, 0.1) is 18.4 Å². The summed E-state index contributed by atoms with van der Waals surface area (Å²) in [4.78, 5) is 14.5. The minimum atomic E-state index is 0.0404. The lowest BCUT2D eigenvalue weighted by molar-refractivity contribution is 0.0774. The van der Waals surface area contributed by atoms with E-state index in [1.54, 1.807) is 7.11 Å². The molecule has 0 aliphatic carbocycles. The highest BCUT2D eigenvalue weighted by Gasteiger charge is 2.16. The number of methoxy groups -OCH3 is 1. The summed E-state index contributed by atoms with van der Waals surface area (Å²) in [5, 5.41) is 3.37. The zero-order valence-corrected chi connectivity index (χ0v) is 14.2. The molecule has 0 radical (unpaired) electrons. The average Bonchev–Trinajstić information content (AvgIpc) is 2.58. The summed E-state index contributed by atoms with van der Waals surface area (Å²) in [6.07, 6.45) is 0. The normalized spacial score (nSPS) is 10.3. The minimum absolute atomic E-state index is 0.0404. The predicted octanol–water partition coefficient (Wildman–Crippen LogP) is 4.23. The lowest BCUT2D eigenvalue weighted by Gasteiger charge is -2.21. The van der Waals surface area contributed by atoms with Gasteiger partial charge in [-0.15, -0.1) is 0 Å². The zero-order valence-electron chi connectivity index (χ0n) is 14.2. The monoisotopic (exact) mass is 312 g/mol. The third kappa shape index (κ3) is 3.83. The largest absolute Gasteiger partial charge is 0.497 e. The lowest BCUT2D eigenvalue weighted by atomic mass is 10.1. The molecular weight excluding hydrogens is 288 g/mol. The second-order valence-corrected chi connectivity index (χ2v) is 5.33. The molecule has 0 saturated carbocycles. The summed E-state index contributed by atoms with van der Waals surface area (Å²) in [6, 6.07) is 13.5. The number of ether oxygens (including phenoxy) is 1. The molecule has 0 spiro atoms. The van der Waals surface area contributed by atoms with Gasteiger partial charge in [0.15, 0.2) is 0 Å². The van der Waals surface area contributed by atoms with Gasteiger partial charge in [-0.2, -0.15) is 0 Å². The van der Waals surface area contributed by atoms with Crippen LogP contribution < -0.4 is 10.1 Å². The molecular formula is C19H24N2O2. The first-order valence-corrected chi connectivity index (χ1v) is 7.90. The van der Waals surface area contributed by atoms with Gasteiger partial charge in [-0.05, 0) is 44.5 Å². The minimum Gasteiger partial charge on any atom is -0.497 e. The molecule has 0 bridgehead atoms. The van der Waals surface area contributed by atoms with Gasteiger partial charge in [0, 0.05) is 24.8 Å². The van der Waals surface area contributed by atoms with Gasteiger partial charge < -0.3 is 15.0 Å². The van der Waals surface area contributed by atoms with Crippen LogP contribution in [0.2, 0.25) is 0 Å². The van der Waals surface area contributed by atoms with Crippen molar-refractivity contribution in [1.29, 1.82) is 0 Å². The van der Waals surface area contributed by atoms with Gasteiger partial charge in [-0.3, -0.25) is 4.79 Å². The third-order valence-electron chi connectivity index (χ3n) is 3.92. The molecule has 23 heavy (non-hydrogen) atoms. The topological polar surface area (TPSA) is 41.6 Å². The molecule has 0 fully saturated rings. The van der Waals surface area contributed by atoms with Gasteiger partial charge in [0.1, 0.15) is 5.75 Å². The number of para-hydroxylation sites is 1. The first-order chi connectivity index (χ1) is 11.1. The molecule has 2 aromatic rings. The molecule has 0 unspecified atom stereocenters. The predicted molar refractivity (Wildman–Crippen MR) is 94.7 cm³/mol. The van der Waals surface area contributed by atoms with E-state index in [0.717, 1.165) is 22.7 Å². The second-order valence-electron chi connectivity index (χ2n) is 5.33. The van der Waals surface area contributed by atoms with Gasteiger partial charge in [0.25, 0.3) is 5.91 Å². The Balaban J connectivity index is 2.36. The summed E-state index contributed by atoms with van der Waals surface area (Å²) in [6.45, 7) is 7.40. The molecule has 0 aliphatic rings. The van der Waals surface area contributed by atoms with Crippen molar-refractivity contribution >= 4 is 17.3 Å². The van der Waals surface area contributed by atoms with Crippen molar-refractivity contribution in [2.24, 2.45) is 0 Å². The van der Waals surface area contributed by atoms with E-state index in [2.05, 4.69) is 5.32 Å². The Morgan fingerprint density at radius 1 is 1.09 bits per heavy atom. The molecule has 2 rings (SSSR count). The van der Waals surface area contributed by atoms with Crippen molar-refractivity contribution in [2.45, 2.75) is 20.8 Å². The number of hydrogen-bond donors (Lipinski definition) is 1. The van der Waals surface area contributed by atoms with Gasteiger partial charge in [0.2, 0.25) is 0 Å². The zero-order chi connectivity index (χ0) is 16.8. The number of carbonyl (C=O) groups is 1. The summed E-state index contributed by atoms with van der Waals surface area (Å²) in [5.74, 6) is 0.823. The van der Waals surface area contributed by atoms with E-state index in [-0.39, 0.29) is 5.91 Å². The smallest absolute Gasteiger partial charge is 0.255 e. The van der Waals surface area contributed by atoms with E-state index in [4.69, 9.17) is 4.74 Å². The van der Waals surface area contributed by atoms with Crippen LogP contribution in [0.5, 0.6) is 5.75 Å². The fourth-order valence-electron chi connectivity index (χ4n) is 2.47. The third-order valence-corrected chi connectivity index (χ3v) is 3.92. The molecule has 122 valence electrons. The number of nitrogens with zero attached hydrogens (tertiary/aromatic N) is 1. The molecule has 1 N–H and O–H groups in total. The van der Waals surface area contributed by atoms with Crippen LogP contribution in [0.25, 0.3) is 0 Å². The SMILES string of the molecule is CCN(CC)C(=O)c1ccccc1Nc1cc(OC)ccc1C. The summed E-state index contributed by atoms with van der Waals surface area (Å²) in [5.41, 5.74) is 3.51. The van der Waals surface area contributed by atoms with E-state index >= 15 is 0 Å². The van der Waals surface area contributed by atoms with Crippen molar-refractivity contribution in [3.8, 4) is 5.75 Å². The molecule has 4 heteroatoms. The van der Waals surface area contributed by atoms with Crippen molar-refractivity contribution < 1.29 is 9.53 Å². The van der Waals surface area contributed by atoms with E-state index in [1.165, 1.54) is 0 Å². The summed E-state index contributed by atoms with van der Waals surface area (Å²) < 4.78 is 5.28. The van der Waals surface area contributed by atoms with Crippen molar-refractivity contribution in [3.63, 3.8) is 0 Å². The Kier molecular flexibility index (Phi) is 5.63. The van der Waals surface area contributed by atoms with Crippen LogP contribution in [0.15, 0.2) is 42.5 Å². The Morgan fingerprint density at radius 2 is 1.78 bits per heavy atom. The van der Waals surface area contributed by atoms with Gasteiger partial charge >= 0.3 is 0 Å². The fraction of sp³-hybridized carbons (Fsp3) is 0.316. The Morgan fingerprint density at radius 3 is 2.43 bits per heavy atom. The van der Waals surface area contributed by atoms with Crippen LogP contribution in [-0.2, 0) is 0 Å². The van der Waals surface area contributed by atoms with Crippen LogP contribution in [0.1, 0.15) is 29.8 Å². The Bertz CT molecular complexity index is 679. The number of nitrogens with one attached hydrogen (secondary N) is 1. The van der Waals surface area contributed by atoms with Crippen molar-refractivity contribution in [2.75, 3.05) is 25.5 Å². The van der Waals surface area contributed by atoms with E-state index in [0.29, 0.717) is 18.7 Å². The maximum atomic E-state index is 12.7. The number of carbonyl (C=O) groups excluding carboxylic acids is 1. The van der Waals surface area contributed by atoms with Crippen molar-refractivity contribution in [1.82, 2.24) is 4.90 Å². The number of hydrogen-bond acceptors (Lipinski definition) is 3. The second kappa shape index (κ2) is 7.68. The Labute approximate surface area is 138 Å². The maximum Gasteiger partial charge on any atom is 0.255 e. The molecule has 0 heterocycles. The molecule has 4 nitrogen and oxygen atoms in total. The molecule has 0 aromatic heterocycles. The van der Waals surface area contributed by atoms with Crippen LogP contribution >= 0.6 is 0 Å². The van der Waals surface area contributed by atoms with Gasteiger partial charge in [-0.1, -0.05) is 18.2 Å². The summed E-state index contributed by atoms with van der Waals surface area (Å²) in [7, 11) is 1.65. The molecule has 0 saturated heterocycles. The fourth-order valence-corrected chi connectivity index (χ4v) is 2.47. The first-order valence-electron chi connectivity index (χ1n) is 7.90. The molecule has 0 aliphatic heterocycles. The standard InChI is InChI=1S/C19H24N2O2/c1-5-21(6-2)19(22)16-9-7-8-10-17(16)20-18-13-15(23-4)12-11-14(18)3/h7-13,20H,5-6H2,1-4H3. The van der Waals surface area contributed by atoms with E-state index < -0.39 is 0 Å². The first kappa shape index (κ1) is 16.9. The highest BCUT2D eigenvalue weighted by molar-refractivity contribution is 6.00. The van der Waals surface area contributed by atoms with Crippen LogP contribution in [0.3, 0.4) is 0 Å². The van der Waals surface area contributed by atoms with Crippen LogP contribution in [0, 0.1) is 6.92 Å². The van der Waals surface area contributed by atoms with Crippen LogP contribution in [0.4, 0.5) is 11.4 Å². The Hall–Kier alpha value is -2.49. The quantitative estimate of drug-likeness (QED) is 0.868. The van der Waals surface area contributed by atoms with E-state index in [9.17, 15) is 4.79 Å². The highest BCUT2D eigenvalue weighted by Crippen LogP contribution is 2.27. The maximum absolute atomic E-state index is 12.7. The van der Waals surface area contributed by atoms with Crippen LogP contribution in [-0.4, -0.2) is 31.0 Å². The number of rotatable bonds is 6. The van der Waals surface area contributed by atoms with Gasteiger partial charge in [-0.25, -0.2) is 0 Å². The number of amides is 1.